The molecule has 3 amide bonds. The van der Waals surface area contributed by atoms with E-state index in [1.165, 1.54) is 24.8 Å². The normalized spacial score (nSPS) is 33.8. The van der Waals surface area contributed by atoms with Gasteiger partial charge in [-0.05, 0) is 68.8 Å². The third-order valence-electron chi connectivity index (χ3n) is 8.24. The second kappa shape index (κ2) is 8.55. The molecule has 1 aromatic rings. The quantitative estimate of drug-likeness (QED) is 0.763. The Balaban J connectivity index is 1.09. The van der Waals surface area contributed by atoms with E-state index in [9.17, 15) is 9.59 Å². The van der Waals surface area contributed by atoms with Gasteiger partial charge < -0.3 is 5.32 Å². The van der Waals surface area contributed by atoms with Crippen LogP contribution in [0.4, 0.5) is 4.79 Å². The lowest BCUT2D eigenvalue weighted by Crippen LogP contribution is -2.63. The lowest BCUT2D eigenvalue weighted by Gasteiger charge is -2.56. The van der Waals surface area contributed by atoms with Gasteiger partial charge in [-0.25, -0.2) is 4.79 Å². The van der Waals surface area contributed by atoms with Crippen LogP contribution in [0.3, 0.4) is 0 Å². The lowest BCUT2D eigenvalue weighted by atomic mass is 9.53. The highest BCUT2D eigenvalue weighted by molar-refractivity contribution is 5.97. The Morgan fingerprint density at radius 1 is 0.968 bits per heavy atom. The van der Waals surface area contributed by atoms with E-state index in [0.717, 1.165) is 69.7 Å². The number of urea groups is 1. The van der Waals surface area contributed by atoms with E-state index in [0.29, 0.717) is 0 Å². The van der Waals surface area contributed by atoms with Crippen molar-refractivity contribution in [3.63, 3.8) is 0 Å². The summed E-state index contributed by atoms with van der Waals surface area (Å²) in [6, 6.07) is 9.93. The fourth-order valence-electron chi connectivity index (χ4n) is 7.07. The minimum atomic E-state index is -0.291. The van der Waals surface area contributed by atoms with E-state index in [1.807, 2.05) is 13.0 Å². The van der Waals surface area contributed by atoms with Gasteiger partial charge >= 0.3 is 6.03 Å². The highest BCUT2D eigenvalue weighted by Crippen LogP contribution is 2.55. The van der Waals surface area contributed by atoms with Crippen LogP contribution >= 0.6 is 0 Å². The molecule has 1 aromatic carbocycles. The number of hydrogen-bond acceptors (Lipinski definition) is 4. The molecule has 1 atom stereocenters. The van der Waals surface area contributed by atoms with Crippen LogP contribution in [-0.4, -0.2) is 59.5 Å². The van der Waals surface area contributed by atoms with Gasteiger partial charge in [0.2, 0.25) is 5.91 Å². The fraction of sp³-hybridized carbons (Fsp3) is 0.680. The zero-order valence-electron chi connectivity index (χ0n) is 18.7. The summed E-state index contributed by atoms with van der Waals surface area (Å²) in [4.78, 5) is 30.1. The number of benzene rings is 1. The summed E-state index contributed by atoms with van der Waals surface area (Å²) < 4.78 is 0. The van der Waals surface area contributed by atoms with Crippen LogP contribution in [0.25, 0.3) is 0 Å². The van der Waals surface area contributed by atoms with Gasteiger partial charge in [0.15, 0.2) is 0 Å². The molecule has 6 heteroatoms. The first-order valence-corrected chi connectivity index (χ1v) is 12.1. The van der Waals surface area contributed by atoms with Gasteiger partial charge in [-0.15, -0.1) is 0 Å². The molecule has 168 valence electrons. The molecule has 0 spiro atoms. The number of carbonyl (C=O) groups is 2. The molecule has 4 saturated carbocycles. The minimum absolute atomic E-state index is 0.0641. The van der Waals surface area contributed by atoms with Crippen molar-refractivity contribution in [2.45, 2.75) is 63.6 Å². The molecule has 1 unspecified atom stereocenters. The van der Waals surface area contributed by atoms with Crippen molar-refractivity contribution in [1.29, 1.82) is 0 Å². The second-order valence-corrected chi connectivity index (χ2v) is 10.6. The first-order valence-electron chi connectivity index (χ1n) is 12.1. The average Bonchev–Trinajstić information content (AvgIpc) is 2.73. The summed E-state index contributed by atoms with van der Waals surface area (Å²) >= 11 is 0. The van der Waals surface area contributed by atoms with Crippen molar-refractivity contribution in [1.82, 2.24) is 20.4 Å². The van der Waals surface area contributed by atoms with E-state index >= 15 is 0 Å². The average molecular weight is 425 g/mol. The van der Waals surface area contributed by atoms with Crippen LogP contribution in [0, 0.1) is 17.8 Å². The van der Waals surface area contributed by atoms with Gasteiger partial charge in [-0.2, -0.15) is 0 Å². The summed E-state index contributed by atoms with van der Waals surface area (Å²) in [7, 11) is 0. The van der Waals surface area contributed by atoms with Crippen LogP contribution in [0.5, 0.6) is 0 Å². The molecule has 0 aromatic heterocycles. The Morgan fingerprint density at radius 2 is 1.55 bits per heavy atom. The third-order valence-corrected chi connectivity index (χ3v) is 8.24. The highest BCUT2D eigenvalue weighted by atomic mass is 16.2. The molecule has 4 aliphatic carbocycles. The predicted octanol–water partition coefficient (Wildman–Crippen LogP) is 2.99. The van der Waals surface area contributed by atoms with Gasteiger partial charge in [0.25, 0.3) is 0 Å². The van der Waals surface area contributed by atoms with Crippen LogP contribution < -0.4 is 10.6 Å². The van der Waals surface area contributed by atoms with Gasteiger partial charge in [0, 0.05) is 38.3 Å². The Kier molecular flexibility index (Phi) is 5.78. The number of nitrogens with zero attached hydrogens (tertiary/aromatic N) is 2. The molecular formula is C25H36N4O2. The van der Waals surface area contributed by atoms with Crippen molar-refractivity contribution in [2.75, 3.05) is 26.2 Å². The Bertz CT molecular complexity index is 768. The molecule has 1 heterocycles. The Labute approximate surface area is 185 Å². The number of imide groups is 1. The fourth-order valence-corrected chi connectivity index (χ4v) is 7.07. The zero-order chi connectivity index (χ0) is 21.4. The molecule has 5 aliphatic rings. The Morgan fingerprint density at radius 3 is 2.13 bits per heavy atom. The molecule has 5 fully saturated rings. The molecule has 31 heavy (non-hydrogen) atoms. The number of amides is 3. The highest BCUT2D eigenvalue weighted by Gasteiger charge is 2.51. The van der Waals surface area contributed by atoms with Crippen LogP contribution in [-0.2, 0) is 11.3 Å². The maximum absolute atomic E-state index is 12.8. The van der Waals surface area contributed by atoms with E-state index in [-0.39, 0.29) is 23.5 Å². The maximum atomic E-state index is 12.8. The van der Waals surface area contributed by atoms with E-state index in [4.69, 9.17) is 0 Å². The van der Waals surface area contributed by atoms with Crippen molar-refractivity contribution >= 4 is 11.9 Å². The number of hydrogen-bond donors (Lipinski definition) is 2. The second-order valence-electron chi connectivity index (χ2n) is 10.6. The molecule has 6 rings (SSSR count). The van der Waals surface area contributed by atoms with Crippen molar-refractivity contribution in [2.24, 2.45) is 17.8 Å². The van der Waals surface area contributed by atoms with E-state index in [2.05, 4.69) is 44.7 Å². The van der Waals surface area contributed by atoms with Crippen molar-refractivity contribution in [3.8, 4) is 0 Å². The lowest BCUT2D eigenvalue weighted by molar-refractivity contribution is -0.125. The summed E-state index contributed by atoms with van der Waals surface area (Å²) in [5.74, 6) is 2.13. The summed E-state index contributed by atoms with van der Waals surface area (Å²) in [5.41, 5.74) is 1.26. The molecule has 2 N–H and O–H groups in total. The Hall–Kier alpha value is -1.92. The molecule has 4 bridgehead atoms. The maximum Gasteiger partial charge on any atom is 0.321 e. The number of carbonyl (C=O) groups excluding carboxylic acids is 2. The number of nitrogens with one attached hydrogen (secondary N) is 2. The van der Waals surface area contributed by atoms with Crippen molar-refractivity contribution in [3.05, 3.63) is 35.9 Å². The first kappa shape index (κ1) is 21.0. The van der Waals surface area contributed by atoms with Gasteiger partial charge in [0.05, 0.1) is 6.04 Å². The van der Waals surface area contributed by atoms with E-state index < -0.39 is 0 Å². The van der Waals surface area contributed by atoms with Crippen molar-refractivity contribution < 1.29 is 9.59 Å². The largest absolute Gasteiger partial charge is 0.332 e. The molecule has 1 aliphatic heterocycles. The SMILES string of the molecule is CC(C(=O)NC(=O)NC12CC3CC(CC(C3)C1)C2)N1CCN(Cc2ccccc2)CC1. The van der Waals surface area contributed by atoms with Gasteiger partial charge in [0.1, 0.15) is 0 Å². The number of rotatable bonds is 5. The molecule has 0 radical (unpaired) electrons. The predicted molar refractivity (Wildman–Crippen MR) is 120 cm³/mol. The van der Waals surface area contributed by atoms with Gasteiger partial charge in [-0.1, -0.05) is 30.3 Å². The standard InChI is InChI=1S/C25H36N4O2/c1-18(29-9-7-28(8-10-29)17-19-5-3-2-4-6-19)23(30)26-24(31)27-25-14-20-11-21(15-25)13-22(12-20)16-25/h2-6,18,20-22H,7-17H2,1H3,(H2,26,27,30,31). The van der Waals surface area contributed by atoms with E-state index in [1.54, 1.807) is 0 Å². The monoisotopic (exact) mass is 424 g/mol. The smallest absolute Gasteiger partial charge is 0.321 e. The molecule has 1 saturated heterocycles. The topological polar surface area (TPSA) is 64.7 Å². The zero-order valence-corrected chi connectivity index (χ0v) is 18.7. The summed E-state index contributed by atoms with van der Waals surface area (Å²) in [5, 5.41) is 5.91. The van der Waals surface area contributed by atoms with Crippen LogP contribution in [0.2, 0.25) is 0 Å². The van der Waals surface area contributed by atoms with Gasteiger partial charge in [-0.3, -0.25) is 19.9 Å². The van der Waals surface area contributed by atoms with Crippen LogP contribution in [0.15, 0.2) is 30.3 Å². The summed E-state index contributed by atoms with van der Waals surface area (Å²) in [6.45, 7) is 6.43. The molecular weight excluding hydrogens is 388 g/mol. The molecule has 6 nitrogen and oxygen atoms in total. The van der Waals surface area contributed by atoms with Crippen LogP contribution in [0.1, 0.15) is 51.0 Å². The third kappa shape index (κ3) is 4.65. The minimum Gasteiger partial charge on any atom is -0.332 e. The number of piperazine rings is 1. The summed E-state index contributed by atoms with van der Waals surface area (Å²) in [6.07, 6.45) is 7.32. The first-order chi connectivity index (χ1) is 15.0.